The van der Waals surface area contributed by atoms with Crippen molar-refractivity contribution in [3.8, 4) is 0 Å². The number of rotatable bonds is 12. The lowest BCUT2D eigenvalue weighted by Gasteiger charge is -2.21. The van der Waals surface area contributed by atoms with Gasteiger partial charge in [0, 0.05) is 13.5 Å². The summed E-state index contributed by atoms with van der Waals surface area (Å²) in [6, 6.07) is -3.26. The van der Waals surface area contributed by atoms with Gasteiger partial charge in [0.1, 0.15) is 12.1 Å². The Morgan fingerprint density at radius 2 is 1.90 bits per heavy atom. The van der Waals surface area contributed by atoms with Crippen molar-refractivity contribution >= 4 is 17.7 Å². The first-order valence-corrected chi connectivity index (χ1v) is 9.35. The lowest BCUT2D eigenvalue weighted by molar-refractivity contribution is -0.121. The van der Waals surface area contributed by atoms with Gasteiger partial charge in [-0.05, 0) is 33.1 Å². The number of ketones is 1. The molecule has 29 heavy (non-hydrogen) atoms. The topological polar surface area (TPSA) is 193 Å². The summed E-state index contributed by atoms with van der Waals surface area (Å²) in [5.41, 5.74) is 5.67. The van der Waals surface area contributed by atoms with Crippen LogP contribution in [-0.2, 0) is 9.59 Å². The van der Waals surface area contributed by atoms with Gasteiger partial charge in [-0.25, -0.2) is 4.79 Å². The molecule has 0 bridgehead atoms. The van der Waals surface area contributed by atoms with E-state index in [-0.39, 0.29) is 24.2 Å². The molecule has 3 amide bonds. The highest BCUT2D eigenvalue weighted by atomic mass is 16.5. The molecule has 164 valence electrons. The molecule has 12 nitrogen and oxygen atoms in total. The molecule has 4 atom stereocenters. The Labute approximate surface area is 168 Å². The number of aliphatic hydroxyl groups excluding tert-OH is 2. The van der Waals surface area contributed by atoms with Crippen molar-refractivity contribution in [3.63, 3.8) is 0 Å². The van der Waals surface area contributed by atoms with Crippen LogP contribution in [0.25, 0.3) is 0 Å². The van der Waals surface area contributed by atoms with Crippen molar-refractivity contribution < 1.29 is 29.1 Å². The monoisotopic (exact) mass is 414 g/mol. The number of urea groups is 1. The Balaban J connectivity index is 2.81. The average molecular weight is 414 g/mol. The maximum absolute atomic E-state index is 12.3. The molecule has 0 aliphatic carbocycles. The highest BCUT2D eigenvalue weighted by Crippen LogP contribution is 2.19. The van der Waals surface area contributed by atoms with E-state index >= 15 is 0 Å². The van der Waals surface area contributed by atoms with Crippen LogP contribution in [0.5, 0.6) is 0 Å². The molecule has 7 N–H and O–H groups in total. The minimum absolute atomic E-state index is 0.0926. The van der Waals surface area contributed by atoms with Crippen molar-refractivity contribution in [2.45, 2.75) is 64.3 Å². The molecule has 0 saturated heterocycles. The predicted octanol–water partition coefficient (Wildman–Crippen LogP) is -0.953. The summed E-state index contributed by atoms with van der Waals surface area (Å²) in [5.74, 6) is -0.337. The molecule has 0 spiro atoms. The van der Waals surface area contributed by atoms with Crippen LogP contribution in [0, 0.1) is 0 Å². The minimum Gasteiger partial charge on any atom is -0.394 e. The SMILES string of the molecule is CC(=O)NCCCC[C@H](NC(=O)N[C@H](C(C)=O)C(C)O)c1nc([C@@H](N)CO)no1. The van der Waals surface area contributed by atoms with E-state index < -0.39 is 36.0 Å². The number of unbranched alkanes of at least 4 members (excludes halogenated alkanes) is 1. The fourth-order valence-corrected chi connectivity index (χ4v) is 2.52. The molecule has 0 radical (unpaired) electrons. The van der Waals surface area contributed by atoms with Crippen LogP contribution in [0.2, 0.25) is 0 Å². The second-order valence-corrected chi connectivity index (χ2v) is 6.76. The van der Waals surface area contributed by atoms with Crippen LogP contribution in [0.1, 0.15) is 63.8 Å². The number of aliphatic hydroxyl groups is 2. The first kappa shape index (κ1) is 24.5. The summed E-state index contributed by atoms with van der Waals surface area (Å²) in [6.45, 7) is 4.19. The smallest absolute Gasteiger partial charge is 0.316 e. The van der Waals surface area contributed by atoms with Crippen molar-refractivity contribution in [1.82, 2.24) is 26.1 Å². The van der Waals surface area contributed by atoms with Gasteiger partial charge < -0.3 is 36.4 Å². The van der Waals surface area contributed by atoms with E-state index in [1.54, 1.807) is 0 Å². The molecular formula is C17H30N6O6. The van der Waals surface area contributed by atoms with Gasteiger partial charge in [-0.1, -0.05) is 5.16 Å². The lowest BCUT2D eigenvalue weighted by atomic mass is 10.1. The van der Waals surface area contributed by atoms with Gasteiger partial charge in [-0.3, -0.25) is 9.59 Å². The number of aromatic nitrogens is 2. The summed E-state index contributed by atoms with van der Waals surface area (Å²) >= 11 is 0. The molecule has 12 heteroatoms. The zero-order valence-electron chi connectivity index (χ0n) is 16.8. The molecule has 0 saturated carbocycles. The molecule has 0 aliphatic rings. The zero-order chi connectivity index (χ0) is 22.0. The molecule has 0 aromatic carbocycles. The molecule has 0 fully saturated rings. The first-order valence-electron chi connectivity index (χ1n) is 9.35. The van der Waals surface area contributed by atoms with Gasteiger partial charge in [-0.15, -0.1) is 0 Å². The number of nitrogens with zero attached hydrogens (tertiary/aromatic N) is 2. The summed E-state index contributed by atoms with van der Waals surface area (Å²) in [4.78, 5) is 38.9. The van der Waals surface area contributed by atoms with E-state index in [0.717, 1.165) is 0 Å². The molecule has 1 rings (SSSR count). The number of carbonyl (C=O) groups excluding carboxylic acids is 3. The molecule has 0 aliphatic heterocycles. The summed E-state index contributed by atoms with van der Waals surface area (Å²) in [5, 5.41) is 30.2. The Morgan fingerprint density at radius 1 is 1.21 bits per heavy atom. The fourth-order valence-electron chi connectivity index (χ4n) is 2.52. The Bertz CT molecular complexity index is 679. The lowest BCUT2D eigenvalue weighted by Crippen LogP contribution is -2.51. The third-order valence-electron chi connectivity index (χ3n) is 4.09. The van der Waals surface area contributed by atoms with Crippen LogP contribution in [-0.4, -0.2) is 63.4 Å². The minimum atomic E-state index is -1.06. The van der Waals surface area contributed by atoms with E-state index in [2.05, 4.69) is 26.1 Å². The van der Waals surface area contributed by atoms with E-state index in [1.165, 1.54) is 20.8 Å². The largest absolute Gasteiger partial charge is 0.394 e. The molecule has 1 aromatic heterocycles. The number of hydrogen-bond acceptors (Lipinski definition) is 9. The Kier molecular flexibility index (Phi) is 10.2. The first-order chi connectivity index (χ1) is 13.6. The number of amides is 3. The van der Waals surface area contributed by atoms with Crippen LogP contribution in [0.3, 0.4) is 0 Å². The highest BCUT2D eigenvalue weighted by Gasteiger charge is 2.26. The summed E-state index contributed by atoms with van der Waals surface area (Å²) in [7, 11) is 0. The second-order valence-electron chi connectivity index (χ2n) is 6.76. The van der Waals surface area contributed by atoms with E-state index in [0.29, 0.717) is 25.8 Å². The Hall–Kier alpha value is -2.57. The van der Waals surface area contributed by atoms with Gasteiger partial charge in [0.05, 0.1) is 18.8 Å². The van der Waals surface area contributed by atoms with Crippen LogP contribution in [0.4, 0.5) is 4.79 Å². The van der Waals surface area contributed by atoms with Crippen LogP contribution in [0.15, 0.2) is 4.52 Å². The quantitative estimate of drug-likeness (QED) is 0.234. The average Bonchev–Trinajstić information content (AvgIpc) is 3.13. The van der Waals surface area contributed by atoms with Crippen molar-refractivity contribution in [1.29, 1.82) is 0 Å². The van der Waals surface area contributed by atoms with Gasteiger partial charge in [0.15, 0.2) is 11.6 Å². The van der Waals surface area contributed by atoms with E-state index in [9.17, 15) is 19.5 Å². The summed E-state index contributed by atoms with van der Waals surface area (Å²) < 4.78 is 5.17. The third kappa shape index (κ3) is 8.54. The second kappa shape index (κ2) is 12.1. The number of hydrogen-bond donors (Lipinski definition) is 6. The van der Waals surface area contributed by atoms with E-state index in [4.69, 9.17) is 15.4 Å². The standard InChI is InChI=1S/C17H30N6O6/c1-9(25)14(10(2)26)21-17(28)20-13(6-4-5-7-19-11(3)27)16-22-15(23-29-16)12(18)8-24/h9,12-14,24-25H,4-8,18H2,1-3H3,(H,19,27)(H2,20,21,28)/t9?,12-,13-,14-/m0/s1. The van der Waals surface area contributed by atoms with E-state index in [1.807, 2.05) is 0 Å². The summed E-state index contributed by atoms with van der Waals surface area (Å²) in [6.07, 6.45) is 0.608. The molecule has 1 heterocycles. The molecule has 1 unspecified atom stereocenters. The number of Topliss-reactive ketones (excluding diaryl/α,β-unsaturated/α-hetero) is 1. The van der Waals surface area contributed by atoms with Gasteiger partial charge in [-0.2, -0.15) is 4.98 Å². The zero-order valence-corrected chi connectivity index (χ0v) is 16.8. The molecular weight excluding hydrogens is 384 g/mol. The van der Waals surface area contributed by atoms with Crippen LogP contribution < -0.4 is 21.7 Å². The maximum atomic E-state index is 12.3. The van der Waals surface area contributed by atoms with Crippen LogP contribution >= 0.6 is 0 Å². The number of nitrogens with two attached hydrogens (primary N) is 1. The van der Waals surface area contributed by atoms with Crippen molar-refractivity contribution in [2.24, 2.45) is 5.73 Å². The van der Waals surface area contributed by atoms with Crippen molar-refractivity contribution in [3.05, 3.63) is 11.7 Å². The predicted molar refractivity (Wildman–Crippen MR) is 101 cm³/mol. The molecule has 1 aromatic rings. The number of carbonyl (C=O) groups is 3. The number of nitrogens with one attached hydrogen (secondary N) is 3. The van der Waals surface area contributed by atoms with Gasteiger partial charge in [0.25, 0.3) is 0 Å². The van der Waals surface area contributed by atoms with Gasteiger partial charge in [0.2, 0.25) is 11.8 Å². The van der Waals surface area contributed by atoms with Crippen molar-refractivity contribution in [2.75, 3.05) is 13.2 Å². The highest BCUT2D eigenvalue weighted by molar-refractivity contribution is 5.87. The fraction of sp³-hybridized carbons (Fsp3) is 0.706. The normalized spacial score (nSPS) is 15.1. The third-order valence-corrected chi connectivity index (χ3v) is 4.09. The maximum Gasteiger partial charge on any atom is 0.316 e. The van der Waals surface area contributed by atoms with Gasteiger partial charge >= 0.3 is 6.03 Å². The Morgan fingerprint density at radius 3 is 2.45 bits per heavy atom.